The fraction of sp³-hybridized carbons (Fsp3) is 1.00. The minimum Gasteiger partial charge on any atom is -0.316 e. The Morgan fingerprint density at radius 3 is 2.50 bits per heavy atom. The van der Waals surface area contributed by atoms with Crippen LogP contribution < -0.4 is 5.32 Å². The molecule has 0 aromatic carbocycles. The Balaban J connectivity index is 2.50. The van der Waals surface area contributed by atoms with Gasteiger partial charge < -0.3 is 5.32 Å². The Morgan fingerprint density at radius 1 is 1.11 bits per heavy atom. The largest absolute Gasteiger partial charge is 0.316 e. The van der Waals surface area contributed by atoms with Crippen molar-refractivity contribution in [2.75, 3.05) is 13.1 Å². The van der Waals surface area contributed by atoms with Gasteiger partial charge in [-0.25, -0.2) is 0 Å². The Labute approximate surface area is 115 Å². The third-order valence-corrected chi connectivity index (χ3v) is 5.04. The van der Waals surface area contributed by atoms with Gasteiger partial charge in [0.25, 0.3) is 0 Å². The maximum absolute atomic E-state index is 3.66. The first kappa shape index (κ1) is 16.0. The molecule has 0 radical (unpaired) electrons. The van der Waals surface area contributed by atoms with Gasteiger partial charge in [0.2, 0.25) is 0 Å². The SMILES string of the molecule is CCCNCC1CCC(CC)CC1C(C)CCC. The van der Waals surface area contributed by atoms with E-state index in [1.54, 1.807) is 0 Å². The van der Waals surface area contributed by atoms with E-state index in [4.69, 9.17) is 0 Å². The summed E-state index contributed by atoms with van der Waals surface area (Å²) in [7, 11) is 0. The second-order valence-electron chi connectivity index (χ2n) is 6.48. The van der Waals surface area contributed by atoms with E-state index in [0.29, 0.717) is 0 Å². The van der Waals surface area contributed by atoms with Crippen LogP contribution in [-0.2, 0) is 0 Å². The number of nitrogens with one attached hydrogen (secondary N) is 1. The summed E-state index contributed by atoms with van der Waals surface area (Å²) in [6.07, 6.45) is 9.87. The summed E-state index contributed by atoms with van der Waals surface area (Å²) in [5.41, 5.74) is 0. The molecule has 0 amide bonds. The van der Waals surface area contributed by atoms with Gasteiger partial charge in [0.05, 0.1) is 0 Å². The van der Waals surface area contributed by atoms with Crippen LogP contribution >= 0.6 is 0 Å². The lowest BCUT2D eigenvalue weighted by Crippen LogP contribution is -2.36. The zero-order valence-corrected chi connectivity index (χ0v) is 13.2. The van der Waals surface area contributed by atoms with E-state index < -0.39 is 0 Å². The maximum Gasteiger partial charge on any atom is -0.00178 e. The van der Waals surface area contributed by atoms with Gasteiger partial charge in [0.15, 0.2) is 0 Å². The Hall–Kier alpha value is -0.0400. The summed E-state index contributed by atoms with van der Waals surface area (Å²) >= 11 is 0. The van der Waals surface area contributed by atoms with E-state index in [1.807, 2.05) is 0 Å². The predicted molar refractivity (Wildman–Crippen MR) is 81.8 cm³/mol. The van der Waals surface area contributed by atoms with E-state index in [2.05, 4.69) is 33.0 Å². The van der Waals surface area contributed by atoms with Gasteiger partial charge in [0, 0.05) is 0 Å². The fourth-order valence-corrected chi connectivity index (χ4v) is 3.81. The lowest BCUT2D eigenvalue weighted by atomic mass is 9.67. The summed E-state index contributed by atoms with van der Waals surface area (Å²) in [4.78, 5) is 0. The molecule has 4 unspecified atom stereocenters. The van der Waals surface area contributed by atoms with E-state index in [-0.39, 0.29) is 0 Å². The summed E-state index contributed by atoms with van der Waals surface area (Å²) < 4.78 is 0. The van der Waals surface area contributed by atoms with Crippen LogP contribution in [0.25, 0.3) is 0 Å². The molecule has 0 aromatic heterocycles. The van der Waals surface area contributed by atoms with E-state index in [9.17, 15) is 0 Å². The summed E-state index contributed by atoms with van der Waals surface area (Å²) in [6.45, 7) is 11.9. The van der Waals surface area contributed by atoms with Crippen molar-refractivity contribution in [2.45, 2.75) is 72.6 Å². The Kier molecular flexibility index (Phi) is 7.97. The van der Waals surface area contributed by atoms with Crippen LogP contribution in [0.5, 0.6) is 0 Å². The molecule has 18 heavy (non-hydrogen) atoms. The molecule has 0 aromatic rings. The smallest absolute Gasteiger partial charge is 0.00178 e. The molecule has 1 fully saturated rings. The maximum atomic E-state index is 3.66. The number of hydrogen-bond acceptors (Lipinski definition) is 1. The summed E-state index contributed by atoms with van der Waals surface area (Å²) in [5, 5.41) is 3.66. The lowest BCUT2D eigenvalue weighted by molar-refractivity contribution is 0.118. The minimum atomic E-state index is 0.928. The zero-order chi connectivity index (χ0) is 13.4. The Bertz CT molecular complexity index is 200. The van der Waals surface area contributed by atoms with Gasteiger partial charge >= 0.3 is 0 Å². The molecule has 1 aliphatic rings. The molecule has 0 saturated heterocycles. The third kappa shape index (κ3) is 4.91. The molecule has 1 aliphatic carbocycles. The Morgan fingerprint density at radius 2 is 1.89 bits per heavy atom. The average molecular weight is 253 g/mol. The van der Waals surface area contributed by atoms with Gasteiger partial charge in [-0.3, -0.25) is 0 Å². The predicted octanol–water partition coefficient (Wildman–Crippen LogP) is 4.86. The molecule has 0 aliphatic heterocycles. The summed E-state index contributed by atoms with van der Waals surface area (Å²) in [5.74, 6) is 3.86. The first-order valence-electron chi connectivity index (χ1n) is 8.43. The minimum absolute atomic E-state index is 0.928. The van der Waals surface area contributed by atoms with Crippen molar-refractivity contribution in [2.24, 2.45) is 23.7 Å². The quantitative estimate of drug-likeness (QED) is 0.609. The van der Waals surface area contributed by atoms with Crippen molar-refractivity contribution in [1.29, 1.82) is 0 Å². The molecule has 4 atom stereocenters. The normalized spacial score (nSPS) is 30.3. The molecule has 1 heteroatoms. The fourth-order valence-electron chi connectivity index (χ4n) is 3.81. The van der Waals surface area contributed by atoms with Gasteiger partial charge in [-0.05, 0) is 56.0 Å². The molecule has 1 rings (SSSR count). The average Bonchev–Trinajstić information content (AvgIpc) is 2.39. The third-order valence-electron chi connectivity index (χ3n) is 5.04. The lowest BCUT2D eigenvalue weighted by Gasteiger charge is -2.39. The molecular weight excluding hydrogens is 218 g/mol. The molecule has 1 saturated carbocycles. The van der Waals surface area contributed by atoms with E-state index >= 15 is 0 Å². The second kappa shape index (κ2) is 8.96. The first-order chi connectivity index (χ1) is 8.72. The highest BCUT2D eigenvalue weighted by Crippen LogP contribution is 2.40. The van der Waals surface area contributed by atoms with Gasteiger partial charge in [-0.1, -0.05) is 53.4 Å². The molecule has 1 nitrogen and oxygen atoms in total. The second-order valence-corrected chi connectivity index (χ2v) is 6.48. The molecule has 1 N–H and O–H groups in total. The van der Waals surface area contributed by atoms with Crippen LogP contribution in [0, 0.1) is 23.7 Å². The van der Waals surface area contributed by atoms with Crippen LogP contribution in [0.1, 0.15) is 72.6 Å². The van der Waals surface area contributed by atoms with Crippen molar-refractivity contribution in [3.8, 4) is 0 Å². The van der Waals surface area contributed by atoms with Crippen molar-refractivity contribution >= 4 is 0 Å². The highest BCUT2D eigenvalue weighted by atomic mass is 14.9. The van der Waals surface area contributed by atoms with Crippen LogP contribution in [-0.4, -0.2) is 13.1 Å². The number of hydrogen-bond donors (Lipinski definition) is 1. The van der Waals surface area contributed by atoms with Crippen molar-refractivity contribution in [3.05, 3.63) is 0 Å². The van der Waals surface area contributed by atoms with E-state index in [0.717, 1.165) is 23.7 Å². The van der Waals surface area contributed by atoms with Gasteiger partial charge in [0.1, 0.15) is 0 Å². The van der Waals surface area contributed by atoms with Crippen molar-refractivity contribution in [3.63, 3.8) is 0 Å². The highest BCUT2D eigenvalue weighted by Gasteiger charge is 2.32. The van der Waals surface area contributed by atoms with Crippen LogP contribution in [0.2, 0.25) is 0 Å². The van der Waals surface area contributed by atoms with E-state index in [1.165, 1.54) is 58.0 Å². The van der Waals surface area contributed by atoms with Crippen LogP contribution in [0.3, 0.4) is 0 Å². The van der Waals surface area contributed by atoms with Gasteiger partial charge in [-0.15, -0.1) is 0 Å². The molecule has 108 valence electrons. The van der Waals surface area contributed by atoms with Crippen molar-refractivity contribution in [1.82, 2.24) is 5.32 Å². The van der Waals surface area contributed by atoms with Crippen molar-refractivity contribution < 1.29 is 0 Å². The standard InChI is InChI=1S/C17H35N/c1-5-8-14(4)17-12-15(7-3)9-10-16(17)13-18-11-6-2/h14-18H,5-13H2,1-4H3. The topological polar surface area (TPSA) is 12.0 Å². The van der Waals surface area contributed by atoms with Gasteiger partial charge in [-0.2, -0.15) is 0 Å². The highest BCUT2D eigenvalue weighted by molar-refractivity contribution is 4.84. The molecular formula is C17H35N. The van der Waals surface area contributed by atoms with Crippen LogP contribution in [0.15, 0.2) is 0 Å². The molecule has 0 spiro atoms. The first-order valence-corrected chi connectivity index (χ1v) is 8.43. The van der Waals surface area contributed by atoms with Crippen LogP contribution in [0.4, 0.5) is 0 Å². The summed E-state index contributed by atoms with van der Waals surface area (Å²) in [6, 6.07) is 0. The monoisotopic (exact) mass is 253 g/mol. The number of rotatable bonds is 8. The zero-order valence-electron chi connectivity index (χ0n) is 13.2. The molecule has 0 bridgehead atoms. The molecule has 0 heterocycles.